The molecule has 5 heteroatoms. The smallest absolute Gasteiger partial charge is 0 e. The molecule has 0 aliphatic rings. The van der Waals surface area contributed by atoms with Crippen molar-refractivity contribution in [1.29, 1.82) is 0 Å². The van der Waals surface area contributed by atoms with Crippen LogP contribution in [0, 0.1) is 83.1 Å². The van der Waals surface area contributed by atoms with Gasteiger partial charge >= 0.3 is 0 Å². The first-order chi connectivity index (χ1) is 42.5. The van der Waals surface area contributed by atoms with Gasteiger partial charge in [-0.15, -0.1) is 0 Å². The summed E-state index contributed by atoms with van der Waals surface area (Å²) in [5.41, 5.74) is 15.9. The average Bonchev–Trinajstić information content (AvgIpc) is 2.34. The molecule has 0 saturated heterocycles. The van der Waals surface area contributed by atoms with Gasteiger partial charge in [-0.3, -0.25) is 0 Å². The van der Waals surface area contributed by atoms with E-state index in [0.717, 1.165) is 0 Å². The summed E-state index contributed by atoms with van der Waals surface area (Å²) in [6.45, 7) is 26.0. The Morgan fingerprint density at radius 2 is 0.213 bits per heavy atom. The van der Waals surface area contributed by atoms with Crippen LogP contribution in [0.15, 0.2) is 291 Å². The van der Waals surface area contributed by atoms with Gasteiger partial charge in [-0.1, -0.05) is 358 Å². The van der Waals surface area contributed by atoms with Crippen molar-refractivity contribution in [3.05, 3.63) is 358 Å². The monoisotopic (exact) mass is 1270 g/mol. The molecule has 12 rings (SSSR count). The van der Waals surface area contributed by atoms with E-state index in [1.54, 1.807) is 0 Å². The first kappa shape index (κ1) is 67.8. The topological polar surface area (TPSA) is 0 Å². The van der Waals surface area contributed by atoms with E-state index in [-0.39, 0.29) is 16.5 Å². The molecule has 12 aromatic rings. The predicted molar refractivity (Wildman–Crippen MR) is 397 cm³/mol. The zero-order chi connectivity index (χ0) is 62.1. The Morgan fingerprint density at radius 3 is 0.281 bits per heavy atom. The molecule has 0 amide bonds. The Hall–Kier alpha value is -7.15. The number of hydrogen-bond acceptors (Lipinski definition) is 0. The van der Waals surface area contributed by atoms with Crippen LogP contribution < -0.4 is 63.7 Å². The molecule has 0 heterocycles. The summed E-state index contributed by atoms with van der Waals surface area (Å²) in [4.78, 5) is 0. The van der Waals surface area contributed by atoms with Crippen molar-refractivity contribution in [2.24, 2.45) is 0 Å². The van der Waals surface area contributed by atoms with E-state index < -0.39 is 31.7 Å². The van der Waals surface area contributed by atoms with Crippen molar-refractivity contribution < 1.29 is 16.5 Å². The van der Waals surface area contributed by atoms with Crippen LogP contribution in [0.2, 0.25) is 0 Å². The number of rotatable bonds is 12. The summed E-state index contributed by atoms with van der Waals surface area (Å²) in [6.07, 6.45) is 0. The third-order valence-corrected chi connectivity index (χ3v) is 24.7. The van der Waals surface area contributed by atoms with Crippen molar-refractivity contribution in [3.8, 4) is 0 Å². The van der Waals surface area contributed by atoms with E-state index >= 15 is 0 Å². The minimum Gasteiger partial charge on any atom is -0.0613 e. The van der Waals surface area contributed by atoms with Crippen molar-refractivity contribution in [1.82, 2.24) is 0 Å². The number of aryl methyl sites for hydroxylation is 12. The zero-order valence-electron chi connectivity index (χ0n) is 53.8. The summed E-state index contributed by atoms with van der Waals surface area (Å²) in [5, 5.41) is 17.1. The van der Waals surface area contributed by atoms with Crippen LogP contribution in [0.4, 0.5) is 0 Å². The molecule has 89 heavy (non-hydrogen) atoms. The molecule has 0 unspecified atom stereocenters. The fourth-order valence-electron chi connectivity index (χ4n) is 11.0. The second kappa shape index (κ2) is 33.1. The Morgan fingerprint density at radius 1 is 0.135 bits per heavy atom. The molecule has 0 nitrogen and oxygen atoms in total. The van der Waals surface area contributed by atoms with Crippen LogP contribution in [-0.4, -0.2) is 0 Å². The fraction of sp³-hybridized carbons (Fsp3) is 0.143. The number of hydrogen-bond donors (Lipinski definition) is 0. The summed E-state index contributed by atoms with van der Waals surface area (Å²) in [7, 11) is -1.98. The van der Waals surface area contributed by atoms with E-state index in [1.165, 1.54) is 130 Å². The Balaban J connectivity index is 0.000000153. The first-order valence-corrected chi connectivity index (χ1v) is 35.9. The van der Waals surface area contributed by atoms with Crippen molar-refractivity contribution in [3.63, 3.8) is 0 Å². The third-order valence-electron chi connectivity index (χ3n) is 15.1. The van der Waals surface area contributed by atoms with Gasteiger partial charge in [-0.2, -0.15) is 0 Å². The quantitative estimate of drug-likeness (QED) is 0.0845. The molecular weight excluding hydrogens is 1190 g/mol. The van der Waals surface area contributed by atoms with Crippen LogP contribution >= 0.6 is 31.7 Å². The molecule has 0 aliphatic heterocycles. The van der Waals surface area contributed by atoms with E-state index in [9.17, 15) is 0 Å². The van der Waals surface area contributed by atoms with E-state index in [4.69, 9.17) is 0 Å². The SMILES string of the molecule is Cc1cccc(P(c2cccc(C)c2)c2cccc(C)c2)c1.Cc1cccc(P(c2cccc(C)c2)c2cccc(C)c2)c1.Cc1cccc(P(c2cccc(C)c2)c2cccc(C)c2)c1.Cc1cccc(P(c2cccc(C)c2)c2cccc(C)c2)c1.[Ni]. The largest absolute Gasteiger partial charge is 0.0613 e. The van der Waals surface area contributed by atoms with Gasteiger partial charge in [0.1, 0.15) is 0 Å². The van der Waals surface area contributed by atoms with Gasteiger partial charge in [-0.25, -0.2) is 0 Å². The minimum atomic E-state index is -0.495. The van der Waals surface area contributed by atoms with Crippen LogP contribution in [0.25, 0.3) is 0 Å². The van der Waals surface area contributed by atoms with Gasteiger partial charge in [0.25, 0.3) is 0 Å². The second-order valence-corrected chi connectivity index (χ2v) is 32.3. The van der Waals surface area contributed by atoms with Crippen LogP contribution in [0.3, 0.4) is 0 Å². The van der Waals surface area contributed by atoms with E-state index in [2.05, 4.69) is 374 Å². The molecule has 0 atom stereocenters. The van der Waals surface area contributed by atoms with Crippen LogP contribution in [0.5, 0.6) is 0 Å². The third kappa shape index (κ3) is 19.4. The Labute approximate surface area is 549 Å². The summed E-state index contributed by atoms with van der Waals surface area (Å²) in [5.74, 6) is 0. The zero-order valence-corrected chi connectivity index (χ0v) is 58.4. The molecule has 0 aromatic heterocycles. The molecule has 0 radical (unpaired) electrons. The second-order valence-electron chi connectivity index (χ2n) is 23.4. The molecule has 0 saturated carbocycles. The molecular formula is C84H84NiP4. The molecule has 0 spiro atoms. The number of benzene rings is 12. The van der Waals surface area contributed by atoms with Crippen LogP contribution in [0.1, 0.15) is 66.8 Å². The van der Waals surface area contributed by atoms with Gasteiger partial charge in [-0.05, 0) is 178 Å². The van der Waals surface area contributed by atoms with Crippen LogP contribution in [-0.2, 0) is 16.5 Å². The maximum Gasteiger partial charge on any atom is 0 e. The van der Waals surface area contributed by atoms with Crippen molar-refractivity contribution in [2.75, 3.05) is 0 Å². The minimum absolute atomic E-state index is 0. The fourth-order valence-corrected chi connectivity index (χ4v) is 21.4. The first-order valence-electron chi connectivity index (χ1n) is 30.5. The van der Waals surface area contributed by atoms with E-state index in [1.807, 2.05) is 0 Å². The standard InChI is InChI=1S/4C21H21P.Ni/c4*1-16-7-4-10-19(13-16)22(20-11-5-8-17(2)14-20)21-12-6-9-18(3)15-21;/h4*4-15H,1-3H3;. The normalized spacial score (nSPS) is 10.8. The van der Waals surface area contributed by atoms with Gasteiger partial charge in [0, 0.05) is 16.5 Å². The summed E-state index contributed by atoms with van der Waals surface area (Å²) >= 11 is 0. The van der Waals surface area contributed by atoms with Crippen molar-refractivity contribution >= 4 is 95.3 Å². The molecule has 450 valence electrons. The van der Waals surface area contributed by atoms with Gasteiger partial charge in [0.05, 0.1) is 0 Å². The summed E-state index contributed by atoms with van der Waals surface area (Å²) in [6, 6.07) is 107. The molecule has 12 aromatic carbocycles. The maximum atomic E-state index is 2.33. The van der Waals surface area contributed by atoms with Crippen molar-refractivity contribution in [2.45, 2.75) is 83.1 Å². The molecule has 0 aliphatic carbocycles. The van der Waals surface area contributed by atoms with Gasteiger partial charge < -0.3 is 0 Å². The molecule has 0 fully saturated rings. The predicted octanol–water partition coefficient (Wildman–Crippen LogP) is 17.5. The Bertz CT molecular complexity index is 3280. The summed E-state index contributed by atoms with van der Waals surface area (Å²) < 4.78 is 0. The van der Waals surface area contributed by atoms with E-state index in [0.29, 0.717) is 0 Å². The Kier molecular flexibility index (Phi) is 25.2. The van der Waals surface area contributed by atoms with Gasteiger partial charge in [0.15, 0.2) is 0 Å². The van der Waals surface area contributed by atoms with Gasteiger partial charge in [0.2, 0.25) is 0 Å². The molecule has 0 bridgehead atoms. The molecule has 0 N–H and O–H groups in total. The average molecular weight is 1280 g/mol. The maximum absolute atomic E-state index is 2.33.